The lowest BCUT2D eigenvalue weighted by Crippen LogP contribution is -2.38. The molecule has 0 unspecified atom stereocenters. The second kappa shape index (κ2) is 8.72. The molecule has 0 N–H and O–H groups in total. The van der Waals surface area contributed by atoms with Crippen LogP contribution in [0, 0.1) is 25.7 Å². The van der Waals surface area contributed by atoms with Crippen LogP contribution in [0.2, 0.25) is 0 Å². The predicted octanol–water partition coefficient (Wildman–Crippen LogP) is 3.38. The van der Waals surface area contributed by atoms with Crippen LogP contribution in [-0.4, -0.2) is 47.3 Å². The maximum absolute atomic E-state index is 13.1. The zero-order valence-corrected chi connectivity index (χ0v) is 17.4. The van der Waals surface area contributed by atoms with E-state index in [9.17, 15) is 14.4 Å². The van der Waals surface area contributed by atoms with Gasteiger partial charge in [-0.05, 0) is 51.5 Å². The summed E-state index contributed by atoms with van der Waals surface area (Å²) in [6.07, 6.45) is 2.71. The van der Waals surface area contributed by atoms with Crippen molar-refractivity contribution in [3.8, 4) is 0 Å². The van der Waals surface area contributed by atoms with Crippen LogP contribution in [0.4, 0.5) is 0 Å². The molecule has 1 heterocycles. The highest BCUT2D eigenvalue weighted by atomic mass is 16.5. The molecule has 1 amide bonds. The maximum Gasteiger partial charge on any atom is 0.354 e. The van der Waals surface area contributed by atoms with Crippen molar-refractivity contribution in [3.05, 3.63) is 22.5 Å². The Morgan fingerprint density at radius 1 is 1.22 bits per heavy atom. The van der Waals surface area contributed by atoms with Crippen molar-refractivity contribution in [1.82, 2.24) is 9.47 Å². The summed E-state index contributed by atoms with van der Waals surface area (Å²) in [6, 6.07) is 0. The number of esters is 1. The van der Waals surface area contributed by atoms with Crippen molar-refractivity contribution in [1.29, 1.82) is 0 Å². The summed E-state index contributed by atoms with van der Waals surface area (Å²) in [5.74, 6) is 0.0768. The number of ketones is 1. The lowest BCUT2D eigenvalue weighted by Gasteiger charge is -2.23. The molecule has 0 spiro atoms. The number of ether oxygens (including phenoxy) is 1. The molecule has 1 aliphatic carbocycles. The van der Waals surface area contributed by atoms with Crippen molar-refractivity contribution < 1.29 is 19.1 Å². The van der Waals surface area contributed by atoms with Crippen molar-refractivity contribution >= 4 is 17.7 Å². The Bertz CT molecular complexity index is 729. The topological polar surface area (TPSA) is 68.6 Å². The fourth-order valence-electron chi connectivity index (χ4n) is 3.58. The van der Waals surface area contributed by atoms with E-state index in [1.54, 1.807) is 11.8 Å². The van der Waals surface area contributed by atoms with Gasteiger partial charge in [0.25, 0.3) is 0 Å². The first-order valence-electron chi connectivity index (χ1n) is 9.82. The smallest absolute Gasteiger partial charge is 0.354 e. The van der Waals surface area contributed by atoms with E-state index < -0.39 is 5.97 Å². The molecule has 0 aliphatic heterocycles. The molecule has 0 atom stereocenters. The van der Waals surface area contributed by atoms with Crippen LogP contribution >= 0.6 is 0 Å². The fraction of sp³-hybridized carbons (Fsp3) is 0.667. The molecule has 1 aromatic heterocycles. The second-order valence-electron chi connectivity index (χ2n) is 7.81. The van der Waals surface area contributed by atoms with E-state index in [0.29, 0.717) is 35.8 Å². The number of carbonyl (C=O) groups is 3. The molecule has 27 heavy (non-hydrogen) atoms. The van der Waals surface area contributed by atoms with Gasteiger partial charge in [-0.3, -0.25) is 9.59 Å². The molecule has 1 aromatic rings. The third kappa shape index (κ3) is 4.60. The van der Waals surface area contributed by atoms with E-state index >= 15 is 0 Å². The summed E-state index contributed by atoms with van der Waals surface area (Å²) in [6.45, 7) is 11.0. The Morgan fingerprint density at radius 2 is 1.85 bits per heavy atom. The normalized spacial score (nSPS) is 13.7. The minimum atomic E-state index is -0.442. The maximum atomic E-state index is 13.1. The number of methoxy groups -OCH3 is 1. The molecule has 0 radical (unpaired) electrons. The Kier molecular flexibility index (Phi) is 6.84. The van der Waals surface area contributed by atoms with Gasteiger partial charge in [0.05, 0.1) is 13.7 Å². The number of rotatable bonds is 9. The molecule has 150 valence electrons. The Morgan fingerprint density at radius 3 is 2.33 bits per heavy atom. The Balaban J connectivity index is 2.30. The summed E-state index contributed by atoms with van der Waals surface area (Å²) in [4.78, 5) is 39.7. The summed E-state index contributed by atoms with van der Waals surface area (Å²) < 4.78 is 6.71. The molecule has 1 fully saturated rings. The van der Waals surface area contributed by atoms with Crippen LogP contribution < -0.4 is 0 Å². The highest BCUT2D eigenvalue weighted by molar-refractivity contribution is 6.04. The lowest BCUT2D eigenvalue weighted by molar-refractivity contribution is -0.132. The first-order chi connectivity index (χ1) is 12.7. The molecule has 1 aliphatic rings. The average Bonchev–Trinajstić information content (AvgIpc) is 3.42. The number of amides is 1. The number of aromatic nitrogens is 1. The van der Waals surface area contributed by atoms with Gasteiger partial charge in [-0.2, -0.15) is 0 Å². The first-order valence-corrected chi connectivity index (χ1v) is 9.82. The Hall–Kier alpha value is -2.11. The van der Waals surface area contributed by atoms with Gasteiger partial charge in [-0.15, -0.1) is 0 Å². The van der Waals surface area contributed by atoms with Crippen LogP contribution in [0.3, 0.4) is 0 Å². The minimum Gasteiger partial charge on any atom is -0.464 e. The van der Waals surface area contributed by atoms with Gasteiger partial charge in [0.2, 0.25) is 5.91 Å². The van der Waals surface area contributed by atoms with Gasteiger partial charge >= 0.3 is 5.97 Å². The summed E-state index contributed by atoms with van der Waals surface area (Å²) in [7, 11) is 1.34. The third-order valence-electron chi connectivity index (χ3n) is 5.29. The molecular formula is C21H32N2O4. The third-order valence-corrected chi connectivity index (χ3v) is 5.29. The fourth-order valence-corrected chi connectivity index (χ4v) is 3.58. The summed E-state index contributed by atoms with van der Waals surface area (Å²) in [5.41, 5.74) is 2.34. The molecule has 0 aromatic carbocycles. The molecular weight excluding hydrogens is 344 g/mol. The van der Waals surface area contributed by atoms with Crippen LogP contribution in [0.1, 0.15) is 72.1 Å². The van der Waals surface area contributed by atoms with E-state index in [4.69, 9.17) is 4.74 Å². The van der Waals surface area contributed by atoms with Gasteiger partial charge in [-0.25, -0.2) is 4.79 Å². The van der Waals surface area contributed by atoms with Gasteiger partial charge in [0, 0.05) is 30.3 Å². The van der Waals surface area contributed by atoms with Crippen LogP contribution in [-0.2, 0) is 16.1 Å². The molecule has 0 saturated heterocycles. The van der Waals surface area contributed by atoms with Crippen LogP contribution in [0.15, 0.2) is 0 Å². The molecule has 2 rings (SSSR count). The standard InChI is InChI=1S/C21H32N2O4/c1-7-23-15(5)18(14(4)19(23)21(26)27-6)17(24)12-22(11-10-13(2)3)20(25)16-8-9-16/h13,16H,7-12H2,1-6H3. The average molecular weight is 376 g/mol. The SMILES string of the molecule is CCn1c(C)c(C(=O)CN(CCC(C)C)C(=O)C2CC2)c(C)c1C(=O)OC. The van der Waals surface area contributed by atoms with E-state index in [1.165, 1.54) is 7.11 Å². The second-order valence-corrected chi connectivity index (χ2v) is 7.81. The van der Waals surface area contributed by atoms with Gasteiger partial charge in [0.1, 0.15) is 5.69 Å². The number of nitrogens with zero attached hydrogens (tertiary/aromatic N) is 2. The number of hydrogen-bond donors (Lipinski definition) is 0. The lowest BCUT2D eigenvalue weighted by atomic mass is 10.0. The molecule has 1 saturated carbocycles. The van der Waals surface area contributed by atoms with Crippen molar-refractivity contribution in [2.24, 2.45) is 11.8 Å². The summed E-state index contributed by atoms with van der Waals surface area (Å²) in [5, 5.41) is 0. The zero-order chi connectivity index (χ0) is 20.3. The number of Topliss-reactive ketones (excluding diaryl/α,β-unsaturated/α-hetero) is 1. The quantitative estimate of drug-likeness (QED) is 0.489. The van der Waals surface area contributed by atoms with Crippen molar-refractivity contribution in [3.63, 3.8) is 0 Å². The summed E-state index contributed by atoms with van der Waals surface area (Å²) >= 11 is 0. The van der Waals surface area contributed by atoms with Crippen molar-refractivity contribution in [2.75, 3.05) is 20.2 Å². The first kappa shape index (κ1) is 21.2. The van der Waals surface area contributed by atoms with Gasteiger partial charge < -0.3 is 14.2 Å². The molecule has 0 bridgehead atoms. The largest absolute Gasteiger partial charge is 0.464 e. The van der Waals surface area contributed by atoms with Gasteiger partial charge in [-0.1, -0.05) is 13.8 Å². The molecule has 6 heteroatoms. The van der Waals surface area contributed by atoms with Crippen LogP contribution in [0.5, 0.6) is 0 Å². The zero-order valence-electron chi connectivity index (χ0n) is 17.4. The molecule has 6 nitrogen and oxygen atoms in total. The Labute approximate surface area is 161 Å². The predicted molar refractivity (Wildman–Crippen MR) is 104 cm³/mol. The highest BCUT2D eigenvalue weighted by Crippen LogP contribution is 2.31. The number of carbonyl (C=O) groups excluding carboxylic acids is 3. The van der Waals surface area contributed by atoms with E-state index in [-0.39, 0.29) is 24.2 Å². The minimum absolute atomic E-state index is 0.0675. The van der Waals surface area contributed by atoms with E-state index in [0.717, 1.165) is 25.0 Å². The van der Waals surface area contributed by atoms with Crippen LogP contribution in [0.25, 0.3) is 0 Å². The highest BCUT2D eigenvalue weighted by Gasteiger charge is 2.35. The number of hydrogen-bond acceptors (Lipinski definition) is 4. The van der Waals surface area contributed by atoms with E-state index in [2.05, 4.69) is 13.8 Å². The van der Waals surface area contributed by atoms with Crippen molar-refractivity contribution in [2.45, 2.75) is 60.4 Å². The monoisotopic (exact) mass is 376 g/mol. The van der Waals surface area contributed by atoms with Gasteiger partial charge in [0.15, 0.2) is 5.78 Å². The van der Waals surface area contributed by atoms with E-state index in [1.807, 2.05) is 18.4 Å².